The summed E-state index contributed by atoms with van der Waals surface area (Å²) >= 11 is 0. The number of carbonyl (C=O) groups is 1. The molecule has 1 aliphatic heterocycles. The Balaban J connectivity index is 2.16. The van der Waals surface area contributed by atoms with Crippen LogP contribution in [0.3, 0.4) is 0 Å². The maximum atomic E-state index is 13.3. The highest BCUT2D eigenvalue weighted by atomic mass is 19.1. The highest BCUT2D eigenvalue weighted by molar-refractivity contribution is 5.98. The van der Waals surface area contributed by atoms with Gasteiger partial charge >= 0.3 is 0 Å². The molecule has 0 spiro atoms. The zero-order chi connectivity index (χ0) is 14.5. The zero-order valence-electron chi connectivity index (χ0n) is 11.9. The first-order chi connectivity index (χ1) is 9.65. The number of rotatable bonds is 4. The van der Waals surface area contributed by atoms with Crippen molar-refractivity contribution in [2.45, 2.75) is 12.8 Å². The van der Waals surface area contributed by atoms with Crippen molar-refractivity contribution >= 4 is 11.7 Å². The van der Waals surface area contributed by atoms with Gasteiger partial charge in [-0.2, -0.15) is 0 Å². The highest BCUT2D eigenvalue weighted by Gasteiger charge is 2.26. The van der Waals surface area contributed by atoms with Crippen LogP contribution in [-0.2, 0) is 4.74 Å². The first kappa shape index (κ1) is 14.7. The number of nitrogens with zero attached hydrogens (tertiary/aromatic N) is 2. The van der Waals surface area contributed by atoms with E-state index in [1.54, 1.807) is 19.1 Å². The first-order valence-corrected chi connectivity index (χ1v) is 6.77. The van der Waals surface area contributed by atoms with E-state index >= 15 is 0 Å². The van der Waals surface area contributed by atoms with E-state index in [0.29, 0.717) is 31.4 Å². The lowest BCUT2D eigenvalue weighted by atomic mass is 9.98. The second kappa shape index (κ2) is 6.65. The molecule has 1 saturated heterocycles. The van der Waals surface area contributed by atoms with E-state index in [1.807, 2.05) is 0 Å². The Labute approximate surface area is 118 Å². The number of piperidine rings is 1. The molecule has 0 bridgehead atoms. The smallest absolute Gasteiger partial charge is 0.257 e. The summed E-state index contributed by atoms with van der Waals surface area (Å²) in [5.74, 6) is 0.0717. The van der Waals surface area contributed by atoms with Gasteiger partial charge in [-0.15, -0.1) is 0 Å². The Bertz CT molecular complexity index is 479. The lowest BCUT2D eigenvalue weighted by Gasteiger charge is -2.32. The Hall–Kier alpha value is -1.69. The highest BCUT2D eigenvalue weighted by Crippen LogP contribution is 2.21. The molecule has 1 amide bonds. The first-order valence-electron chi connectivity index (χ1n) is 6.77. The molecule has 1 atom stereocenters. The SMILES string of the molecule is CNc1ncc(F)cc1C(=O)N1CCCC(COC)C1. The second-order valence-corrected chi connectivity index (χ2v) is 5.01. The predicted molar refractivity (Wildman–Crippen MR) is 74.2 cm³/mol. The Kier molecular flexibility index (Phi) is 4.89. The minimum Gasteiger partial charge on any atom is -0.384 e. The second-order valence-electron chi connectivity index (χ2n) is 5.01. The third kappa shape index (κ3) is 3.25. The van der Waals surface area contributed by atoms with Crippen LogP contribution < -0.4 is 5.32 Å². The maximum absolute atomic E-state index is 13.3. The van der Waals surface area contributed by atoms with E-state index in [-0.39, 0.29) is 11.5 Å². The third-order valence-electron chi connectivity index (χ3n) is 3.53. The van der Waals surface area contributed by atoms with E-state index in [9.17, 15) is 9.18 Å². The normalized spacial score (nSPS) is 18.9. The van der Waals surface area contributed by atoms with Crippen LogP contribution in [0.4, 0.5) is 10.2 Å². The van der Waals surface area contributed by atoms with Crippen LogP contribution >= 0.6 is 0 Å². The molecule has 20 heavy (non-hydrogen) atoms. The van der Waals surface area contributed by atoms with E-state index < -0.39 is 5.82 Å². The fourth-order valence-electron chi connectivity index (χ4n) is 2.59. The molecule has 6 heteroatoms. The molecular formula is C14H20FN3O2. The van der Waals surface area contributed by atoms with Gasteiger partial charge in [-0.1, -0.05) is 0 Å². The number of amides is 1. The molecular weight excluding hydrogens is 261 g/mol. The fraction of sp³-hybridized carbons (Fsp3) is 0.571. The van der Waals surface area contributed by atoms with Crippen molar-refractivity contribution < 1.29 is 13.9 Å². The summed E-state index contributed by atoms with van der Waals surface area (Å²) in [4.78, 5) is 18.2. The number of nitrogens with one attached hydrogen (secondary N) is 1. The van der Waals surface area contributed by atoms with Crippen molar-refractivity contribution in [3.63, 3.8) is 0 Å². The summed E-state index contributed by atoms with van der Waals surface area (Å²) in [6, 6.07) is 1.24. The van der Waals surface area contributed by atoms with Gasteiger partial charge in [0.05, 0.1) is 18.4 Å². The standard InChI is InChI=1S/C14H20FN3O2/c1-16-13-12(6-11(15)7-17-13)14(19)18-5-3-4-10(8-18)9-20-2/h6-7,10H,3-5,8-9H2,1-2H3,(H,16,17). The van der Waals surface area contributed by atoms with Gasteiger partial charge in [0.1, 0.15) is 11.6 Å². The van der Waals surface area contributed by atoms with E-state index in [0.717, 1.165) is 19.0 Å². The fourth-order valence-corrected chi connectivity index (χ4v) is 2.59. The third-order valence-corrected chi connectivity index (χ3v) is 3.53. The maximum Gasteiger partial charge on any atom is 0.257 e. The monoisotopic (exact) mass is 281 g/mol. The van der Waals surface area contributed by atoms with Crippen LogP contribution in [0.1, 0.15) is 23.2 Å². The van der Waals surface area contributed by atoms with Crippen molar-refractivity contribution in [2.24, 2.45) is 5.92 Å². The van der Waals surface area contributed by atoms with Gasteiger partial charge in [-0.25, -0.2) is 9.37 Å². The summed E-state index contributed by atoms with van der Waals surface area (Å²) in [6.07, 6.45) is 3.10. The molecule has 1 fully saturated rings. The number of carbonyl (C=O) groups excluding carboxylic acids is 1. The Morgan fingerprint density at radius 2 is 2.45 bits per heavy atom. The number of likely N-dealkylation sites (tertiary alicyclic amines) is 1. The molecule has 5 nitrogen and oxygen atoms in total. The summed E-state index contributed by atoms with van der Waals surface area (Å²) in [5.41, 5.74) is 0.283. The molecule has 1 aromatic rings. The van der Waals surface area contributed by atoms with E-state index in [4.69, 9.17) is 4.74 Å². The minimum atomic E-state index is -0.502. The van der Waals surface area contributed by atoms with Gasteiger partial charge in [-0.05, 0) is 24.8 Å². The number of aromatic nitrogens is 1. The number of pyridine rings is 1. The molecule has 1 aliphatic rings. The average Bonchev–Trinajstić information content (AvgIpc) is 2.47. The van der Waals surface area contributed by atoms with Crippen LogP contribution in [0.25, 0.3) is 0 Å². The number of anilines is 1. The van der Waals surface area contributed by atoms with Crippen molar-refractivity contribution in [3.05, 3.63) is 23.6 Å². The summed E-state index contributed by atoms with van der Waals surface area (Å²) in [6.45, 7) is 1.98. The lowest BCUT2D eigenvalue weighted by Crippen LogP contribution is -2.41. The van der Waals surface area contributed by atoms with Crippen molar-refractivity contribution in [1.82, 2.24) is 9.88 Å². The molecule has 2 heterocycles. The van der Waals surface area contributed by atoms with Gasteiger partial charge in [0.15, 0.2) is 0 Å². The zero-order valence-corrected chi connectivity index (χ0v) is 11.9. The quantitative estimate of drug-likeness (QED) is 0.913. The summed E-state index contributed by atoms with van der Waals surface area (Å²) in [5, 5.41) is 2.83. The number of hydrogen-bond donors (Lipinski definition) is 1. The average molecular weight is 281 g/mol. The van der Waals surface area contributed by atoms with Crippen molar-refractivity contribution in [2.75, 3.05) is 39.2 Å². The van der Waals surface area contributed by atoms with Gasteiger partial charge in [0.25, 0.3) is 5.91 Å². The Morgan fingerprint density at radius 1 is 1.65 bits per heavy atom. The van der Waals surface area contributed by atoms with Crippen LogP contribution in [0.15, 0.2) is 12.3 Å². The largest absolute Gasteiger partial charge is 0.384 e. The van der Waals surface area contributed by atoms with Gasteiger partial charge in [0.2, 0.25) is 0 Å². The minimum absolute atomic E-state index is 0.179. The van der Waals surface area contributed by atoms with Gasteiger partial charge < -0.3 is 15.0 Å². The molecule has 2 rings (SSSR count). The van der Waals surface area contributed by atoms with Gasteiger partial charge in [-0.3, -0.25) is 4.79 Å². The molecule has 1 N–H and O–H groups in total. The lowest BCUT2D eigenvalue weighted by molar-refractivity contribution is 0.0571. The van der Waals surface area contributed by atoms with Crippen molar-refractivity contribution in [1.29, 1.82) is 0 Å². The number of halogens is 1. The molecule has 1 aromatic heterocycles. The van der Waals surface area contributed by atoms with Crippen LogP contribution in [-0.4, -0.2) is 49.6 Å². The van der Waals surface area contributed by atoms with E-state index in [2.05, 4.69) is 10.3 Å². The molecule has 1 unspecified atom stereocenters. The number of hydrogen-bond acceptors (Lipinski definition) is 4. The molecule has 0 aliphatic carbocycles. The molecule has 0 saturated carbocycles. The van der Waals surface area contributed by atoms with Crippen LogP contribution in [0.5, 0.6) is 0 Å². The van der Waals surface area contributed by atoms with Crippen molar-refractivity contribution in [3.8, 4) is 0 Å². The Morgan fingerprint density at radius 3 is 3.15 bits per heavy atom. The van der Waals surface area contributed by atoms with Crippen LogP contribution in [0.2, 0.25) is 0 Å². The topological polar surface area (TPSA) is 54.5 Å². The summed E-state index contributed by atoms with van der Waals surface area (Å²) in [7, 11) is 3.33. The predicted octanol–water partition coefficient (Wildman–Crippen LogP) is 1.76. The number of methoxy groups -OCH3 is 1. The molecule has 0 aromatic carbocycles. The van der Waals surface area contributed by atoms with Gasteiger partial charge in [0, 0.05) is 27.2 Å². The summed E-state index contributed by atoms with van der Waals surface area (Å²) < 4.78 is 18.5. The van der Waals surface area contributed by atoms with E-state index in [1.165, 1.54) is 6.07 Å². The molecule has 110 valence electrons. The molecule has 0 radical (unpaired) electrons. The number of ether oxygens (including phenoxy) is 1. The van der Waals surface area contributed by atoms with Crippen LogP contribution in [0, 0.1) is 11.7 Å².